The first kappa shape index (κ1) is 12.9. The fourth-order valence-electron chi connectivity index (χ4n) is 1.28. The van der Waals surface area contributed by atoms with Crippen LogP contribution < -0.4 is 0 Å². The fraction of sp³-hybridized carbons (Fsp3) is 0.429. The van der Waals surface area contributed by atoms with E-state index in [1.54, 1.807) is 0 Å². The molecule has 0 aliphatic heterocycles. The molecule has 88 valence electrons. The van der Waals surface area contributed by atoms with Crippen LogP contribution >= 0.6 is 0 Å². The van der Waals surface area contributed by atoms with Crippen LogP contribution in [-0.2, 0) is 0 Å². The van der Waals surface area contributed by atoms with Crippen LogP contribution in [0.1, 0.15) is 19.4 Å². The normalized spacial score (nSPS) is 12.6. The second-order valence-electron chi connectivity index (χ2n) is 4.66. The molecule has 16 heavy (non-hydrogen) atoms. The summed E-state index contributed by atoms with van der Waals surface area (Å²) >= 11 is 0. The Morgan fingerprint density at radius 3 is 2.44 bits per heavy atom. The highest BCUT2D eigenvalue weighted by atomic mass is 16.3. The molecule has 0 amide bonds. The van der Waals surface area contributed by atoms with Gasteiger partial charge in [-0.05, 0) is 26.5 Å². The molecule has 0 aliphatic carbocycles. The van der Waals surface area contributed by atoms with E-state index < -0.39 is 0 Å². The maximum atomic E-state index is 9.22. The Kier molecular flexibility index (Phi) is 4.71. The monoisotopic (exact) mass is 219 g/mol. The lowest BCUT2D eigenvalue weighted by molar-refractivity contribution is 0.0887. The smallest absolute Gasteiger partial charge is 0.0610 e. The van der Waals surface area contributed by atoms with Gasteiger partial charge in [0.2, 0.25) is 0 Å². The molecular weight excluding hydrogens is 198 g/mol. The van der Waals surface area contributed by atoms with E-state index in [9.17, 15) is 5.11 Å². The van der Waals surface area contributed by atoms with Crippen LogP contribution in [0, 0.1) is 0 Å². The van der Waals surface area contributed by atoms with Crippen molar-refractivity contribution in [2.45, 2.75) is 19.4 Å². The van der Waals surface area contributed by atoms with Gasteiger partial charge in [0.15, 0.2) is 0 Å². The molecule has 0 atom stereocenters. The SMILES string of the molecule is CN(C/C=C/c1ccccc1)C(C)(C)CO. The minimum absolute atomic E-state index is 0.166. The van der Waals surface area contributed by atoms with E-state index >= 15 is 0 Å². The Morgan fingerprint density at radius 2 is 1.88 bits per heavy atom. The van der Waals surface area contributed by atoms with Gasteiger partial charge in [-0.1, -0.05) is 42.5 Å². The number of aliphatic hydroxyl groups is 1. The van der Waals surface area contributed by atoms with Gasteiger partial charge in [-0.15, -0.1) is 0 Å². The van der Waals surface area contributed by atoms with Crippen molar-refractivity contribution in [1.82, 2.24) is 4.90 Å². The average Bonchev–Trinajstić information content (AvgIpc) is 2.30. The van der Waals surface area contributed by atoms with Crippen molar-refractivity contribution >= 4 is 6.08 Å². The van der Waals surface area contributed by atoms with Gasteiger partial charge in [0.05, 0.1) is 6.61 Å². The summed E-state index contributed by atoms with van der Waals surface area (Å²) in [5.74, 6) is 0. The van der Waals surface area contributed by atoms with Gasteiger partial charge in [-0.3, -0.25) is 4.90 Å². The highest BCUT2D eigenvalue weighted by Crippen LogP contribution is 2.11. The van der Waals surface area contributed by atoms with Crippen molar-refractivity contribution in [2.75, 3.05) is 20.2 Å². The van der Waals surface area contributed by atoms with Crippen molar-refractivity contribution in [3.63, 3.8) is 0 Å². The van der Waals surface area contributed by atoms with E-state index in [1.165, 1.54) is 5.56 Å². The molecule has 0 aliphatic rings. The molecule has 1 aromatic carbocycles. The Morgan fingerprint density at radius 1 is 1.25 bits per heavy atom. The van der Waals surface area contributed by atoms with E-state index in [1.807, 2.05) is 39.1 Å². The molecule has 1 aromatic rings. The molecule has 0 saturated heterocycles. The fourth-order valence-corrected chi connectivity index (χ4v) is 1.28. The van der Waals surface area contributed by atoms with E-state index in [4.69, 9.17) is 0 Å². The number of rotatable bonds is 5. The lowest BCUT2D eigenvalue weighted by Crippen LogP contribution is -2.44. The Balaban J connectivity index is 2.49. The van der Waals surface area contributed by atoms with Gasteiger partial charge in [0.25, 0.3) is 0 Å². The predicted octanol–water partition coefficient (Wildman–Crippen LogP) is 2.40. The molecule has 0 spiro atoms. The first-order chi connectivity index (χ1) is 7.56. The summed E-state index contributed by atoms with van der Waals surface area (Å²) in [4.78, 5) is 2.13. The number of likely N-dealkylation sites (N-methyl/N-ethyl adjacent to an activating group) is 1. The summed E-state index contributed by atoms with van der Waals surface area (Å²) in [6, 6.07) is 10.2. The van der Waals surface area contributed by atoms with E-state index in [0.29, 0.717) is 0 Å². The summed E-state index contributed by atoms with van der Waals surface area (Å²) in [6.45, 7) is 5.07. The zero-order valence-corrected chi connectivity index (χ0v) is 10.4. The van der Waals surface area contributed by atoms with Crippen LogP contribution in [0.4, 0.5) is 0 Å². The minimum Gasteiger partial charge on any atom is -0.394 e. The van der Waals surface area contributed by atoms with Gasteiger partial charge < -0.3 is 5.11 Å². The number of benzene rings is 1. The zero-order valence-electron chi connectivity index (χ0n) is 10.4. The van der Waals surface area contributed by atoms with E-state index in [0.717, 1.165) is 6.54 Å². The van der Waals surface area contributed by atoms with Crippen LogP contribution in [0.5, 0.6) is 0 Å². The average molecular weight is 219 g/mol. The quantitative estimate of drug-likeness (QED) is 0.822. The predicted molar refractivity (Wildman–Crippen MR) is 69.3 cm³/mol. The lowest BCUT2D eigenvalue weighted by Gasteiger charge is -2.32. The summed E-state index contributed by atoms with van der Waals surface area (Å²) in [6.07, 6.45) is 4.22. The van der Waals surface area contributed by atoms with Gasteiger partial charge >= 0.3 is 0 Å². The third kappa shape index (κ3) is 3.80. The lowest BCUT2D eigenvalue weighted by atomic mass is 10.1. The molecule has 2 nitrogen and oxygen atoms in total. The van der Waals surface area contributed by atoms with Gasteiger partial charge in [-0.2, -0.15) is 0 Å². The van der Waals surface area contributed by atoms with E-state index in [-0.39, 0.29) is 12.1 Å². The Bertz CT molecular complexity index is 330. The largest absolute Gasteiger partial charge is 0.394 e. The van der Waals surface area contributed by atoms with E-state index in [2.05, 4.69) is 29.2 Å². The summed E-state index contributed by atoms with van der Waals surface area (Å²) in [5.41, 5.74) is 1.04. The summed E-state index contributed by atoms with van der Waals surface area (Å²) in [5, 5.41) is 9.22. The number of hydrogen-bond donors (Lipinski definition) is 1. The van der Waals surface area contributed by atoms with Crippen LogP contribution in [0.15, 0.2) is 36.4 Å². The molecule has 2 heteroatoms. The molecule has 0 heterocycles. The second kappa shape index (κ2) is 5.83. The molecule has 0 radical (unpaired) electrons. The van der Waals surface area contributed by atoms with Crippen LogP contribution in [0.2, 0.25) is 0 Å². The Hall–Kier alpha value is -1.12. The van der Waals surface area contributed by atoms with Crippen molar-refractivity contribution in [2.24, 2.45) is 0 Å². The van der Waals surface area contributed by atoms with Crippen molar-refractivity contribution < 1.29 is 5.11 Å². The van der Waals surface area contributed by atoms with Crippen molar-refractivity contribution in [3.8, 4) is 0 Å². The molecular formula is C14H21NO. The van der Waals surface area contributed by atoms with Crippen LogP contribution in [0.25, 0.3) is 6.08 Å². The molecule has 0 fully saturated rings. The molecule has 0 aromatic heterocycles. The number of nitrogens with zero attached hydrogens (tertiary/aromatic N) is 1. The highest BCUT2D eigenvalue weighted by molar-refractivity contribution is 5.48. The Labute approximate surface area is 98.2 Å². The summed E-state index contributed by atoms with van der Waals surface area (Å²) in [7, 11) is 2.02. The molecule has 0 saturated carbocycles. The topological polar surface area (TPSA) is 23.5 Å². The molecule has 1 N–H and O–H groups in total. The van der Waals surface area contributed by atoms with Crippen LogP contribution in [0.3, 0.4) is 0 Å². The van der Waals surface area contributed by atoms with Crippen molar-refractivity contribution in [1.29, 1.82) is 0 Å². The van der Waals surface area contributed by atoms with Crippen molar-refractivity contribution in [3.05, 3.63) is 42.0 Å². The first-order valence-electron chi connectivity index (χ1n) is 5.60. The molecule has 1 rings (SSSR count). The maximum Gasteiger partial charge on any atom is 0.0610 e. The third-order valence-electron chi connectivity index (χ3n) is 2.91. The highest BCUT2D eigenvalue weighted by Gasteiger charge is 2.20. The number of aliphatic hydroxyl groups excluding tert-OH is 1. The van der Waals surface area contributed by atoms with Gasteiger partial charge in [0.1, 0.15) is 0 Å². The number of hydrogen-bond acceptors (Lipinski definition) is 2. The molecule has 0 bridgehead atoms. The molecule has 0 unspecified atom stereocenters. The van der Waals surface area contributed by atoms with Crippen LogP contribution in [-0.4, -0.2) is 35.7 Å². The minimum atomic E-state index is -0.166. The second-order valence-corrected chi connectivity index (χ2v) is 4.66. The maximum absolute atomic E-state index is 9.22. The standard InChI is InChI=1S/C14H21NO/c1-14(2,12-16)15(3)11-7-10-13-8-5-4-6-9-13/h4-10,16H,11-12H2,1-3H3/b10-7+. The third-order valence-corrected chi connectivity index (χ3v) is 2.91. The van der Waals surface area contributed by atoms with Gasteiger partial charge in [0, 0.05) is 12.1 Å². The first-order valence-corrected chi connectivity index (χ1v) is 5.60. The zero-order chi connectivity index (χ0) is 12.0. The summed E-state index contributed by atoms with van der Waals surface area (Å²) < 4.78 is 0. The van der Waals surface area contributed by atoms with Gasteiger partial charge in [-0.25, -0.2) is 0 Å².